The number of hydrogen-bond donors (Lipinski definition) is 1. The molecule has 1 amide bonds. The molecule has 1 aliphatic heterocycles. The van der Waals surface area contributed by atoms with Crippen molar-refractivity contribution in [2.75, 3.05) is 19.0 Å². The van der Waals surface area contributed by atoms with E-state index in [1.165, 1.54) is 37.1 Å². The van der Waals surface area contributed by atoms with E-state index in [-0.39, 0.29) is 30.5 Å². The molecule has 6 nitrogen and oxygen atoms in total. The van der Waals surface area contributed by atoms with Crippen LogP contribution in [0.5, 0.6) is 11.5 Å². The molecule has 0 fully saturated rings. The highest BCUT2D eigenvalue weighted by atomic mass is 19.4. The van der Waals surface area contributed by atoms with Crippen molar-refractivity contribution in [1.29, 1.82) is 0 Å². The fraction of sp³-hybridized carbons (Fsp3) is 0.462. The van der Waals surface area contributed by atoms with E-state index in [9.17, 15) is 18.0 Å². The molecule has 1 atom stereocenters. The monoisotopic (exact) mass is 491 g/mol. The summed E-state index contributed by atoms with van der Waals surface area (Å²) in [5, 5.41) is 9.34. The van der Waals surface area contributed by atoms with Crippen LogP contribution in [0.25, 0.3) is 0 Å². The second kappa shape index (κ2) is 12.0. The number of rotatable bonds is 11. The van der Waals surface area contributed by atoms with Crippen molar-refractivity contribution >= 4 is 17.3 Å². The van der Waals surface area contributed by atoms with Crippen LogP contribution in [-0.2, 0) is 11.3 Å². The van der Waals surface area contributed by atoms with Gasteiger partial charge in [0.05, 0.1) is 19.4 Å². The Bertz CT molecular complexity index is 1020. The van der Waals surface area contributed by atoms with Crippen LogP contribution in [0.3, 0.4) is 0 Å². The first-order valence-electron chi connectivity index (χ1n) is 11.9. The minimum Gasteiger partial charge on any atom is -0.493 e. The molecule has 0 spiro atoms. The summed E-state index contributed by atoms with van der Waals surface area (Å²) in [7, 11) is 1.28. The number of anilines is 1. The third kappa shape index (κ3) is 7.37. The van der Waals surface area contributed by atoms with Crippen LogP contribution < -0.4 is 14.8 Å². The fourth-order valence-corrected chi connectivity index (χ4v) is 3.98. The molecule has 0 saturated heterocycles. The number of nitrogens with zero attached hydrogens (tertiary/aromatic N) is 2. The van der Waals surface area contributed by atoms with Gasteiger partial charge in [-0.3, -0.25) is 4.79 Å². The van der Waals surface area contributed by atoms with Crippen molar-refractivity contribution < 1.29 is 27.4 Å². The minimum atomic E-state index is -4.86. The first-order valence-corrected chi connectivity index (χ1v) is 11.9. The van der Waals surface area contributed by atoms with E-state index >= 15 is 0 Å². The first kappa shape index (κ1) is 26.4. The van der Waals surface area contributed by atoms with E-state index < -0.39 is 12.1 Å². The van der Waals surface area contributed by atoms with Crippen molar-refractivity contribution in [3.63, 3.8) is 0 Å². The molecule has 9 heteroatoms. The maximum absolute atomic E-state index is 12.9. The van der Waals surface area contributed by atoms with Crippen LogP contribution in [0.2, 0.25) is 0 Å². The number of unbranched alkanes of at least 4 members (excludes halogenated alkanes) is 2. The van der Waals surface area contributed by atoms with Gasteiger partial charge >= 0.3 is 6.36 Å². The third-order valence-corrected chi connectivity index (χ3v) is 5.90. The SMILES string of the molecule is CCCCCNc1ccc(CN2N=C(c3ccc(OC)c(OC(F)(F)F)c3)C(CC)CC2=O)cc1. The molecule has 3 rings (SSSR count). The zero-order valence-electron chi connectivity index (χ0n) is 20.3. The van der Waals surface area contributed by atoms with Crippen LogP contribution in [0, 0.1) is 5.92 Å². The summed E-state index contributed by atoms with van der Waals surface area (Å²) in [5.74, 6) is -0.810. The van der Waals surface area contributed by atoms with Gasteiger partial charge in [-0.1, -0.05) is 38.8 Å². The van der Waals surface area contributed by atoms with Crippen LogP contribution in [0.4, 0.5) is 18.9 Å². The number of hydrogen-bond acceptors (Lipinski definition) is 5. The predicted octanol–water partition coefficient (Wildman–Crippen LogP) is 6.36. The lowest BCUT2D eigenvalue weighted by molar-refractivity contribution is -0.275. The highest BCUT2D eigenvalue weighted by molar-refractivity contribution is 6.06. The number of halogens is 3. The molecule has 2 aromatic rings. The van der Waals surface area contributed by atoms with Crippen molar-refractivity contribution in [1.82, 2.24) is 5.01 Å². The largest absolute Gasteiger partial charge is 0.573 e. The molecule has 190 valence electrons. The van der Waals surface area contributed by atoms with Crippen LogP contribution >= 0.6 is 0 Å². The summed E-state index contributed by atoms with van der Waals surface area (Å²) >= 11 is 0. The Balaban J connectivity index is 1.81. The molecule has 0 radical (unpaired) electrons. The zero-order valence-corrected chi connectivity index (χ0v) is 20.3. The highest BCUT2D eigenvalue weighted by Crippen LogP contribution is 2.35. The Labute approximate surface area is 204 Å². The van der Waals surface area contributed by atoms with Gasteiger partial charge < -0.3 is 14.8 Å². The molecule has 2 aromatic carbocycles. The van der Waals surface area contributed by atoms with Crippen LogP contribution in [-0.4, -0.2) is 36.6 Å². The van der Waals surface area contributed by atoms with Crippen molar-refractivity contribution in [2.24, 2.45) is 11.0 Å². The van der Waals surface area contributed by atoms with Crippen molar-refractivity contribution in [3.05, 3.63) is 53.6 Å². The second-order valence-corrected chi connectivity index (χ2v) is 8.49. The number of amides is 1. The summed E-state index contributed by atoms with van der Waals surface area (Å²) in [6.07, 6.45) is -0.550. The maximum atomic E-state index is 12.9. The molecule has 1 unspecified atom stereocenters. The molecule has 0 saturated carbocycles. The Morgan fingerprint density at radius 2 is 1.83 bits per heavy atom. The number of hydrazone groups is 1. The number of methoxy groups -OCH3 is 1. The number of alkyl halides is 3. The topological polar surface area (TPSA) is 63.2 Å². The second-order valence-electron chi connectivity index (χ2n) is 8.49. The number of ether oxygens (including phenoxy) is 2. The third-order valence-electron chi connectivity index (χ3n) is 5.90. The van der Waals surface area contributed by atoms with Gasteiger partial charge in [0.2, 0.25) is 5.91 Å². The summed E-state index contributed by atoms with van der Waals surface area (Å²) in [6.45, 7) is 5.27. The zero-order chi connectivity index (χ0) is 25.4. The van der Waals surface area contributed by atoms with Gasteiger partial charge in [0, 0.05) is 30.1 Å². The molecular formula is C26H32F3N3O3. The average Bonchev–Trinajstić information content (AvgIpc) is 2.83. The standard InChI is InChI=1S/C26H32F3N3O3/c1-4-6-7-14-30-21-11-8-18(9-12-21)17-32-24(33)16-19(5-2)25(31-32)20-10-13-22(34-3)23(15-20)35-26(27,28)29/h8-13,15,19,30H,4-7,14,16-17H2,1-3H3. The Morgan fingerprint density at radius 3 is 2.46 bits per heavy atom. The lowest BCUT2D eigenvalue weighted by Gasteiger charge is -2.29. The van der Waals surface area contributed by atoms with E-state index in [4.69, 9.17) is 4.74 Å². The minimum absolute atomic E-state index is 0.0353. The van der Waals surface area contributed by atoms with E-state index in [1.54, 1.807) is 6.07 Å². The molecule has 0 aliphatic carbocycles. The van der Waals surface area contributed by atoms with Gasteiger partial charge in [-0.25, -0.2) is 5.01 Å². The molecule has 1 N–H and O–H groups in total. The maximum Gasteiger partial charge on any atom is 0.573 e. The number of carbonyl (C=O) groups excluding carboxylic acids is 1. The summed E-state index contributed by atoms with van der Waals surface area (Å²) in [4.78, 5) is 12.8. The van der Waals surface area contributed by atoms with Gasteiger partial charge in [-0.2, -0.15) is 5.10 Å². The fourth-order valence-electron chi connectivity index (χ4n) is 3.98. The molecule has 1 aliphatic rings. The lowest BCUT2D eigenvalue weighted by Crippen LogP contribution is -2.36. The first-order chi connectivity index (χ1) is 16.7. The molecule has 0 aromatic heterocycles. The summed E-state index contributed by atoms with van der Waals surface area (Å²) < 4.78 is 47.9. The quantitative estimate of drug-likeness (QED) is 0.372. The van der Waals surface area contributed by atoms with Crippen molar-refractivity contribution in [3.8, 4) is 11.5 Å². The molecule has 1 heterocycles. The van der Waals surface area contributed by atoms with E-state index in [2.05, 4.69) is 22.1 Å². The molecule has 0 bridgehead atoms. The predicted molar refractivity (Wildman–Crippen MR) is 130 cm³/mol. The summed E-state index contributed by atoms with van der Waals surface area (Å²) in [6, 6.07) is 12.1. The number of carbonyl (C=O) groups is 1. The molecule has 35 heavy (non-hydrogen) atoms. The van der Waals surface area contributed by atoms with Gasteiger partial charge in [-0.15, -0.1) is 13.2 Å². The van der Waals surface area contributed by atoms with Gasteiger partial charge in [0.25, 0.3) is 0 Å². The summed E-state index contributed by atoms with van der Waals surface area (Å²) in [5.41, 5.74) is 2.93. The Hall–Kier alpha value is -3.23. The lowest BCUT2D eigenvalue weighted by atomic mass is 9.89. The Morgan fingerprint density at radius 1 is 1.09 bits per heavy atom. The smallest absolute Gasteiger partial charge is 0.493 e. The van der Waals surface area contributed by atoms with Crippen LogP contribution in [0.15, 0.2) is 47.6 Å². The van der Waals surface area contributed by atoms with E-state index in [0.29, 0.717) is 17.7 Å². The van der Waals surface area contributed by atoms with Crippen molar-refractivity contribution in [2.45, 2.75) is 58.9 Å². The Kier molecular flexibility index (Phi) is 9.01. The normalized spacial score (nSPS) is 16.2. The number of nitrogens with one attached hydrogen (secondary N) is 1. The highest BCUT2D eigenvalue weighted by Gasteiger charge is 2.34. The molecular weight excluding hydrogens is 459 g/mol. The van der Waals surface area contributed by atoms with Gasteiger partial charge in [0.15, 0.2) is 11.5 Å². The van der Waals surface area contributed by atoms with Gasteiger partial charge in [-0.05, 0) is 48.7 Å². The van der Waals surface area contributed by atoms with Gasteiger partial charge in [0.1, 0.15) is 0 Å². The number of benzene rings is 2. The van der Waals surface area contributed by atoms with Crippen LogP contribution in [0.1, 0.15) is 57.1 Å². The average molecular weight is 492 g/mol. The van der Waals surface area contributed by atoms with E-state index in [1.807, 2.05) is 31.2 Å². The van der Waals surface area contributed by atoms with E-state index in [0.717, 1.165) is 24.2 Å².